The van der Waals surface area contributed by atoms with Crippen LogP contribution in [0.5, 0.6) is 0 Å². The molecule has 2 heterocycles. The van der Waals surface area contributed by atoms with E-state index >= 15 is 0 Å². The Bertz CT molecular complexity index is 479. The predicted molar refractivity (Wildman–Crippen MR) is 62.2 cm³/mol. The lowest BCUT2D eigenvalue weighted by Crippen LogP contribution is -2.22. The summed E-state index contributed by atoms with van der Waals surface area (Å²) in [5, 5.41) is 3.08. The number of sulfone groups is 1. The first-order chi connectivity index (χ1) is 7.44. The second kappa shape index (κ2) is 4.01. The molecule has 1 aromatic heterocycles. The monoisotopic (exact) mass is 241 g/mol. The Hall–Kier alpha value is -1.17. The molecule has 0 aromatic carbocycles. The van der Waals surface area contributed by atoms with Crippen LogP contribution >= 0.6 is 0 Å². The van der Waals surface area contributed by atoms with Crippen molar-refractivity contribution in [2.75, 3.05) is 16.8 Å². The zero-order valence-electron chi connectivity index (χ0n) is 9.40. The molecule has 1 unspecified atom stereocenters. The molecular formula is C10H15N3O2S. The highest BCUT2D eigenvalue weighted by atomic mass is 32.2. The lowest BCUT2D eigenvalue weighted by Gasteiger charge is -2.11. The molecule has 5 nitrogen and oxygen atoms in total. The number of nitrogens with zero attached hydrogens (tertiary/aromatic N) is 2. The van der Waals surface area contributed by atoms with E-state index in [1.165, 1.54) is 0 Å². The summed E-state index contributed by atoms with van der Waals surface area (Å²) in [6.45, 7) is 3.79. The SMILES string of the molecule is Cc1cc(C)nc(NC2CCS(=O)(=O)C2)n1. The first-order valence-electron chi connectivity index (χ1n) is 5.24. The third-order valence-corrected chi connectivity index (χ3v) is 4.32. The van der Waals surface area contributed by atoms with Gasteiger partial charge in [0.05, 0.1) is 11.5 Å². The highest BCUT2D eigenvalue weighted by Gasteiger charge is 2.28. The highest BCUT2D eigenvalue weighted by Crippen LogP contribution is 2.15. The average molecular weight is 241 g/mol. The highest BCUT2D eigenvalue weighted by molar-refractivity contribution is 7.91. The second-order valence-electron chi connectivity index (χ2n) is 4.22. The number of hydrogen-bond donors (Lipinski definition) is 1. The molecule has 16 heavy (non-hydrogen) atoms. The maximum Gasteiger partial charge on any atom is 0.223 e. The van der Waals surface area contributed by atoms with Gasteiger partial charge in [-0.05, 0) is 26.3 Å². The third kappa shape index (κ3) is 2.69. The van der Waals surface area contributed by atoms with Crippen molar-refractivity contribution in [2.45, 2.75) is 26.3 Å². The smallest absolute Gasteiger partial charge is 0.223 e. The number of aromatic nitrogens is 2. The van der Waals surface area contributed by atoms with E-state index < -0.39 is 9.84 Å². The van der Waals surface area contributed by atoms with Crippen molar-refractivity contribution in [1.82, 2.24) is 9.97 Å². The number of rotatable bonds is 2. The topological polar surface area (TPSA) is 72.0 Å². The maximum atomic E-state index is 11.3. The van der Waals surface area contributed by atoms with Crippen molar-refractivity contribution in [3.05, 3.63) is 17.5 Å². The summed E-state index contributed by atoms with van der Waals surface area (Å²) in [4.78, 5) is 8.46. The van der Waals surface area contributed by atoms with Gasteiger partial charge in [0, 0.05) is 17.4 Å². The van der Waals surface area contributed by atoms with Crippen LogP contribution in [0.4, 0.5) is 5.95 Å². The lowest BCUT2D eigenvalue weighted by molar-refractivity contribution is 0.602. The minimum Gasteiger partial charge on any atom is -0.350 e. The van der Waals surface area contributed by atoms with Gasteiger partial charge in [0.1, 0.15) is 0 Å². The summed E-state index contributed by atoms with van der Waals surface area (Å²) >= 11 is 0. The molecule has 0 spiro atoms. The number of nitrogens with one attached hydrogen (secondary N) is 1. The molecule has 1 saturated heterocycles. The van der Waals surface area contributed by atoms with Crippen LogP contribution in [0.3, 0.4) is 0 Å². The van der Waals surface area contributed by atoms with Crippen LogP contribution in [0, 0.1) is 13.8 Å². The average Bonchev–Trinajstić information content (AvgIpc) is 2.43. The van der Waals surface area contributed by atoms with E-state index in [-0.39, 0.29) is 17.5 Å². The Morgan fingerprint density at radius 2 is 1.94 bits per heavy atom. The van der Waals surface area contributed by atoms with Gasteiger partial charge in [0.2, 0.25) is 5.95 Å². The number of hydrogen-bond acceptors (Lipinski definition) is 5. The Labute approximate surface area is 95.2 Å². The fourth-order valence-corrected chi connectivity index (χ4v) is 3.56. The fraction of sp³-hybridized carbons (Fsp3) is 0.600. The van der Waals surface area contributed by atoms with Gasteiger partial charge in [-0.1, -0.05) is 0 Å². The van der Waals surface area contributed by atoms with Crippen LogP contribution in [-0.2, 0) is 9.84 Å². The van der Waals surface area contributed by atoms with Crippen molar-refractivity contribution < 1.29 is 8.42 Å². The Morgan fingerprint density at radius 1 is 1.31 bits per heavy atom. The summed E-state index contributed by atoms with van der Waals surface area (Å²) in [7, 11) is -2.85. The Balaban J connectivity index is 2.10. The van der Waals surface area contributed by atoms with E-state index in [2.05, 4.69) is 15.3 Å². The molecule has 2 rings (SSSR count). The van der Waals surface area contributed by atoms with Crippen LogP contribution in [0.2, 0.25) is 0 Å². The molecule has 1 aromatic rings. The third-order valence-electron chi connectivity index (χ3n) is 2.55. The molecule has 0 bridgehead atoms. The largest absolute Gasteiger partial charge is 0.350 e. The molecule has 6 heteroatoms. The van der Waals surface area contributed by atoms with E-state index in [0.29, 0.717) is 12.4 Å². The van der Waals surface area contributed by atoms with Crippen LogP contribution in [0.1, 0.15) is 17.8 Å². The van der Waals surface area contributed by atoms with Crippen LogP contribution in [-0.4, -0.2) is 35.9 Å². The summed E-state index contributed by atoms with van der Waals surface area (Å²) in [5.41, 5.74) is 1.77. The Kier molecular flexibility index (Phi) is 2.84. The van der Waals surface area contributed by atoms with Gasteiger partial charge in [0.15, 0.2) is 9.84 Å². The van der Waals surface area contributed by atoms with Gasteiger partial charge in [-0.25, -0.2) is 18.4 Å². The molecular weight excluding hydrogens is 226 g/mol. The standard InChI is InChI=1S/C10H15N3O2S/c1-7-5-8(2)12-10(11-7)13-9-3-4-16(14,15)6-9/h5,9H,3-4,6H2,1-2H3,(H,11,12,13). The first kappa shape index (κ1) is 11.3. The Morgan fingerprint density at radius 3 is 2.44 bits per heavy atom. The van der Waals surface area contributed by atoms with Gasteiger partial charge in [-0.2, -0.15) is 0 Å². The second-order valence-corrected chi connectivity index (χ2v) is 6.45. The van der Waals surface area contributed by atoms with Gasteiger partial charge in [-0.15, -0.1) is 0 Å². The predicted octanol–water partition coefficient (Wildman–Crippen LogP) is 0.692. The van der Waals surface area contributed by atoms with Crippen LogP contribution < -0.4 is 5.32 Å². The molecule has 1 N–H and O–H groups in total. The molecule has 0 aliphatic carbocycles. The lowest BCUT2D eigenvalue weighted by atomic mass is 10.3. The summed E-state index contributed by atoms with van der Waals surface area (Å²) < 4.78 is 22.6. The van der Waals surface area contributed by atoms with Crippen LogP contribution in [0.25, 0.3) is 0 Å². The molecule has 1 fully saturated rings. The van der Waals surface area contributed by atoms with Crippen molar-refractivity contribution in [3.63, 3.8) is 0 Å². The normalized spacial score (nSPS) is 23.2. The van der Waals surface area contributed by atoms with Crippen molar-refractivity contribution in [3.8, 4) is 0 Å². The molecule has 1 aliphatic rings. The van der Waals surface area contributed by atoms with Gasteiger partial charge in [-0.3, -0.25) is 0 Å². The van der Waals surface area contributed by atoms with E-state index in [1.54, 1.807) is 0 Å². The zero-order valence-corrected chi connectivity index (χ0v) is 10.2. The summed E-state index contributed by atoms with van der Waals surface area (Å²) in [5.74, 6) is 0.971. The molecule has 88 valence electrons. The molecule has 1 atom stereocenters. The van der Waals surface area contributed by atoms with Crippen molar-refractivity contribution in [1.29, 1.82) is 0 Å². The maximum absolute atomic E-state index is 11.3. The van der Waals surface area contributed by atoms with Gasteiger partial charge in [0.25, 0.3) is 0 Å². The van der Waals surface area contributed by atoms with E-state index in [9.17, 15) is 8.42 Å². The van der Waals surface area contributed by atoms with Crippen LogP contribution in [0.15, 0.2) is 6.07 Å². The minimum atomic E-state index is -2.85. The quantitative estimate of drug-likeness (QED) is 0.825. The molecule has 0 radical (unpaired) electrons. The van der Waals surface area contributed by atoms with Crippen molar-refractivity contribution >= 4 is 15.8 Å². The van der Waals surface area contributed by atoms with E-state index in [1.807, 2.05) is 19.9 Å². The van der Waals surface area contributed by atoms with Gasteiger partial charge >= 0.3 is 0 Å². The molecule has 0 amide bonds. The summed E-state index contributed by atoms with van der Waals surface area (Å²) in [6.07, 6.45) is 0.638. The first-order valence-corrected chi connectivity index (χ1v) is 7.06. The number of aryl methyl sites for hydroxylation is 2. The number of anilines is 1. The molecule has 1 aliphatic heterocycles. The van der Waals surface area contributed by atoms with E-state index in [4.69, 9.17) is 0 Å². The minimum absolute atomic E-state index is 0.0498. The fourth-order valence-electron chi connectivity index (χ4n) is 1.88. The van der Waals surface area contributed by atoms with Gasteiger partial charge < -0.3 is 5.32 Å². The van der Waals surface area contributed by atoms with E-state index in [0.717, 1.165) is 11.4 Å². The summed E-state index contributed by atoms with van der Waals surface area (Å²) in [6, 6.07) is 1.84. The zero-order chi connectivity index (χ0) is 11.8. The molecule has 0 saturated carbocycles. The van der Waals surface area contributed by atoms with Crippen molar-refractivity contribution in [2.24, 2.45) is 0 Å².